The molecule has 2 unspecified atom stereocenters. The van der Waals surface area contributed by atoms with Crippen LogP contribution >= 0.6 is 23.2 Å². The number of aliphatic hydroxyl groups is 1. The number of benzene rings is 1. The Morgan fingerprint density at radius 1 is 1.35 bits per heavy atom. The van der Waals surface area contributed by atoms with Crippen molar-refractivity contribution in [1.82, 2.24) is 5.32 Å². The summed E-state index contributed by atoms with van der Waals surface area (Å²) in [6.45, 7) is 0.626. The zero-order valence-electron chi connectivity index (χ0n) is 11.2. The second kappa shape index (κ2) is 7.30. The van der Waals surface area contributed by atoms with Crippen molar-refractivity contribution in [2.75, 3.05) is 6.54 Å². The predicted molar refractivity (Wildman–Crippen MR) is 81.1 cm³/mol. The minimum Gasteiger partial charge on any atom is -0.393 e. The molecule has 1 aliphatic rings. The monoisotopic (exact) mass is 315 g/mol. The Morgan fingerprint density at radius 3 is 2.85 bits per heavy atom. The summed E-state index contributed by atoms with van der Waals surface area (Å²) in [4.78, 5) is 11.9. The summed E-state index contributed by atoms with van der Waals surface area (Å²) in [5, 5.41) is 13.6. The molecule has 0 heterocycles. The quantitative estimate of drug-likeness (QED) is 0.896. The van der Waals surface area contributed by atoms with Crippen LogP contribution in [-0.2, 0) is 11.2 Å². The Labute approximate surface area is 129 Å². The number of rotatable bonds is 4. The Kier molecular flexibility index (Phi) is 5.70. The number of hydrogen-bond donors (Lipinski definition) is 2. The van der Waals surface area contributed by atoms with Gasteiger partial charge in [0.15, 0.2) is 0 Å². The Hall–Kier alpha value is -0.770. The third-order valence-electron chi connectivity index (χ3n) is 3.71. The lowest BCUT2D eigenvalue weighted by Crippen LogP contribution is -2.33. The minimum absolute atomic E-state index is 0.0470. The third kappa shape index (κ3) is 4.65. The first-order chi connectivity index (χ1) is 9.54. The molecule has 0 saturated heterocycles. The van der Waals surface area contributed by atoms with Crippen LogP contribution in [0.4, 0.5) is 0 Å². The highest BCUT2D eigenvalue weighted by atomic mass is 35.5. The first-order valence-electron chi connectivity index (χ1n) is 6.93. The minimum atomic E-state index is -0.212. The summed E-state index contributed by atoms with van der Waals surface area (Å²) in [7, 11) is 0. The molecule has 3 nitrogen and oxygen atoms in total. The fourth-order valence-corrected chi connectivity index (χ4v) is 3.08. The number of amides is 1. The molecule has 0 aliphatic heterocycles. The van der Waals surface area contributed by atoms with Crippen LogP contribution in [0.25, 0.3) is 0 Å². The van der Waals surface area contributed by atoms with Gasteiger partial charge in [-0.2, -0.15) is 0 Å². The van der Waals surface area contributed by atoms with Gasteiger partial charge in [0.1, 0.15) is 0 Å². The van der Waals surface area contributed by atoms with E-state index in [9.17, 15) is 9.90 Å². The van der Waals surface area contributed by atoms with Gasteiger partial charge in [-0.15, -0.1) is 0 Å². The number of carbonyl (C=O) groups excluding carboxylic acids is 1. The van der Waals surface area contributed by atoms with E-state index in [1.54, 1.807) is 18.2 Å². The average molecular weight is 316 g/mol. The van der Waals surface area contributed by atoms with Gasteiger partial charge in [-0.1, -0.05) is 35.7 Å². The molecule has 5 heteroatoms. The number of hydrogen-bond acceptors (Lipinski definition) is 2. The average Bonchev–Trinajstić information content (AvgIpc) is 2.40. The van der Waals surface area contributed by atoms with E-state index in [1.165, 1.54) is 0 Å². The normalized spacial score (nSPS) is 22.6. The summed E-state index contributed by atoms with van der Waals surface area (Å²) in [5.41, 5.74) is 0.775. The lowest BCUT2D eigenvalue weighted by atomic mass is 9.87. The fourth-order valence-electron chi connectivity index (χ4n) is 2.61. The fraction of sp³-hybridized carbons (Fsp3) is 0.533. The van der Waals surface area contributed by atoms with Gasteiger partial charge in [0, 0.05) is 16.6 Å². The van der Waals surface area contributed by atoms with Gasteiger partial charge in [-0.3, -0.25) is 4.79 Å². The van der Waals surface area contributed by atoms with Gasteiger partial charge in [0.2, 0.25) is 5.91 Å². The molecule has 1 fully saturated rings. The van der Waals surface area contributed by atoms with Crippen molar-refractivity contribution in [1.29, 1.82) is 0 Å². The van der Waals surface area contributed by atoms with E-state index in [1.807, 2.05) is 0 Å². The summed E-state index contributed by atoms with van der Waals surface area (Å²) < 4.78 is 0. The van der Waals surface area contributed by atoms with E-state index in [2.05, 4.69) is 5.32 Å². The number of aliphatic hydroxyl groups excluding tert-OH is 1. The number of nitrogens with one attached hydrogen (secondary N) is 1. The van der Waals surface area contributed by atoms with Crippen LogP contribution in [-0.4, -0.2) is 23.7 Å². The van der Waals surface area contributed by atoms with Crippen LogP contribution in [0.3, 0.4) is 0 Å². The molecule has 1 aromatic carbocycles. The number of halogens is 2. The van der Waals surface area contributed by atoms with Crippen LogP contribution in [0.15, 0.2) is 18.2 Å². The maximum atomic E-state index is 11.9. The SMILES string of the molecule is O=C(Cc1ccc(Cl)cc1Cl)NCC1CCCC(O)C1. The van der Waals surface area contributed by atoms with E-state index < -0.39 is 0 Å². The number of carbonyl (C=O) groups is 1. The third-order valence-corrected chi connectivity index (χ3v) is 4.30. The van der Waals surface area contributed by atoms with Gasteiger partial charge in [0.05, 0.1) is 12.5 Å². The van der Waals surface area contributed by atoms with Gasteiger partial charge < -0.3 is 10.4 Å². The molecule has 1 aromatic rings. The highest BCUT2D eigenvalue weighted by Gasteiger charge is 2.20. The highest BCUT2D eigenvalue weighted by Crippen LogP contribution is 2.24. The first-order valence-corrected chi connectivity index (χ1v) is 7.69. The van der Waals surface area contributed by atoms with Crippen LogP contribution < -0.4 is 5.32 Å². The molecule has 1 aliphatic carbocycles. The first kappa shape index (κ1) is 15.6. The molecule has 2 rings (SSSR count). The lowest BCUT2D eigenvalue weighted by Gasteiger charge is -2.25. The molecule has 2 atom stereocenters. The Balaban J connectivity index is 1.80. The van der Waals surface area contributed by atoms with E-state index in [4.69, 9.17) is 23.2 Å². The van der Waals surface area contributed by atoms with Crippen molar-refractivity contribution in [3.8, 4) is 0 Å². The van der Waals surface area contributed by atoms with Crippen molar-refractivity contribution in [2.24, 2.45) is 5.92 Å². The topological polar surface area (TPSA) is 49.3 Å². The summed E-state index contributed by atoms with van der Waals surface area (Å²) in [5.74, 6) is 0.331. The molecule has 0 spiro atoms. The van der Waals surface area contributed by atoms with E-state index in [-0.39, 0.29) is 18.4 Å². The van der Waals surface area contributed by atoms with Crippen LogP contribution in [0, 0.1) is 5.92 Å². The van der Waals surface area contributed by atoms with E-state index in [0.29, 0.717) is 22.5 Å². The molecule has 20 heavy (non-hydrogen) atoms. The molecule has 0 aromatic heterocycles. The smallest absolute Gasteiger partial charge is 0.224 e. The standard InChI is InChI=1S/C15H19Cl2NO2/c16-12-5-4-11(14(17)8-12)7-15(20)18-9-10-2-1-3-13(19)6-10/h4-5,8,10,13,19H,1-3,6-7,9H2,(H,18,20). The van der Waals surface area contributed by atoms with E-state index >= 15 is 0 Å². The van der Waals surface area contributed by atoms with Crippen molar-refractivity contribution < 1.29 is 9.90 Å². The largest absolute Gasteiger partial charge is 0.393 e. The van der Waals surface area contributed by atoms with Crippen LogP contribution in [0.2, 0.25) is 10.0 Å². The molecule has 0 radical (unpaired) electrons. The predicted octanol–water partition coefficient (Wildman–Crippen LogP) is 3.20. The highest BCUT2D eigenvalue weighted by molar-refractivity contribution is 6.35. The summed E-state index contributed by atoms with van der Waals surface area (Å²) in [6.07, 6.45) is 3.80. The van der Waals surface area contributed by atoms with Gasteiger partial charge in [-0.05, 0) is 42.9 Å². The molecule has 0 bridgehead atoms. The Bertz CT molecular complexity index is 479. The zero-order chi connectivity index (χ0) is 14.5. The van der Waals surface area contributed by atoms with Crippen LogP contribution in [0.5, 0.6) is 0 Å². The maximum Gasteiger partial charge on any atom is 0.224 e. The van der Waals surface area contributed by atoms with Crippen molar-refractivity contribution in [3.05, 3.63) is 33.8 Å². The lowest BCUT2D eigenvalue weighted by molar-refractivity contribution is -0.120. The molecule has 110 valence electrons. The second-order valence-corrected chi connectivity index (χ2v) is 6.25. The van der Waals surface area contributed by atoms with Crippen molar-refractivity contribution in [3.63, 3.8) is 0 Å². The zero-order valence-corrected chi connectivity index (χ0v) is 12.8. The van der Waals surface area contributed by atoms with Crippen LogP contribution in [0.1, 0.15) is 31.2 Å². The molecule has 2 N–H and O–H groups in total. The maximum absolute atomic E-state index is 11.9. The van der Waals surface area contributed by atoms with Gasteiger partial charge in [0.25, 0.3) is 0 Å². The molecular weight excluding hydrogens is 297 g/mol. The molecule has 1 amide bonds. The molecular formula is C15H19Cl2NO2. The summed E-state index contributed by atoms with van der Waals surface area (Å²) in [6, 6.07) is 5.14. The second-order valence-electron chi connectivity index (χ2n) is 5.40. The van der Waals surface area contributed by atoms with Crippen molar-refractivity contribution in [2.45, 2.75) is 38.2 Å². The van der Waals surface area contributed by atoms with Gasteiger partial charge in [-0.25, -0.2) is 0 Å². The molecule has 1 saturated carbocycles. The summed E-state index contributed by atoms with van der Waals surface area (Å²) >= 11 is 11.9. The van der Waals surface area contributed by atoms with Crippen molar-refractivity contribution >= 4 is 29.1 Å². The van der Waals surface area contributed by atoms with E-state index in [0.717, 1.165) is 31.2 Å². The Morgan fingerprint density at radius 2 is 2.15 bits per heavy atom. The van der Waals surface area contributed by atoms with Gasteiger partial charge >= 0.3 is 0 Å².